The molecule has 1 aromatic heterocycles. The molecule has 1 N–H and O–H groups in total. The van der Waals surface area contributed by atoms with Crippen molar-refractivity contribution in [1.29, 1.82) is 0 Å². The number of hydrogen-bond acceptors (Lipinski definition) is 4. The van der Waals surface area contributed by atoms with Gasteiger partial charge < -0.3 is 15.1 Å². The monoisotopic (exact) mass is 356 g/mol. The summed E-state index contributed by atoms with van der Waals surface area (Å²) >= 11 is 0. The normalized spacial score (nSPS) is 14.2. The zero-order chi connectivity index (χ0) is 18.5. The van der Waals surface area contributed by atoms with Crippen molar-refractivity contribution in [2.45, 2.75) is 13.3 Å². The number of benzene rings is 1. The van der Waals surface area contributed by atoms with Crippen molar-refractivity contribution >= 4 is 23.3 Å². The topological polar surface area (TPSA) is 65.5 Å². The van der Waals surface area contributed by atoms with E-state index in [1.165, 1.54) is 24.3 Å². The van der Waals surface area contributed by atoms with E-state index in [0.29, 0.717) is 30.8 Å². The van der Waals surface area contributed by atoms with Crippen molar-refractivity contribution < 1.29 is 14.0 Å². The van der Waals surface area contributed by atoms with Crippen LogP contribution in [0.25, 0.3) is 0 Å². The van der Waals surface area contributed by atoms with Crippen LogP contribution in [-0.4, -0.2) is 47.9 Å². The molecule has 2 heterocycles. The van der Waals surface area contributed by atoms with Gasteiger partial charge in [-0.3, -0.25) is 9.59 Å². The molecule has 0 radical (unpaired) electrons. The lowest BCUT2D eigenvalue weighted by molar-refractivity contribution is -0.131. The van der Waals surface area contributed by atoms with Crippen molar-refractivity contribution in [2.24, 2.45) is 0 Å². The maximum absolute atomic E-state index is 12.9. The number of nitrogens with zero attached hydrogens (tertiary/aromatic N) is 3. The molecule has 6 nitrogen and oxygen atoms in total. The van der Waals surface area contributed by atoms with Crippen LogP contribution in [0.3, 0.4) is 0 Å². The lowest BCUT2D eigenvalue weighted by atomic mass is 10.2. The fraction of sp³-hybridized carbons (Fsp3) is 0.316. The minimum atomic E-state index is -0.381. The summed E-state index contributed by atoms with van der Waals surface area (Å²) in [6, 6.07) is 9.00. The molecule has 0 unspecified atom stereocenters. The number of hydrogen-bond donors (Lipinski definition) is 1. The van der Waals surface area contributed by atoms with Crippen LogP contribution in [0.4, 0.5) is 15.9 Å². The molecule has 7 heteroatoms. The molecule has 1 fully saturated rings. The minimum Gasteiger partial charge on any atom is -0.353 e. The first-order valence-corrected chi connectivity index (χ1v) is 8.62. The van der Waals surface area contributed by atoms with Crippen molar-refractivity contribution in [1.82, 2.24) is 9.88 Å². The molecular formula is C19H21FN4O2. The molecule has 0 saturated carbocycles. The third-order valence-electron chi connectivity index (χ3n) is 4.37. The number of carbonyl (C=O) groups is 2. The second-order valence-corrected chi connectivity index (χ2v) is 6.09. The minimum absolute atomic E-state index is 0.177. The number of nitrogens with one attached hydrogen (secondary N) is 1. The van der Waals surface area contributed by atoms with Gasteiger partial charge in [0.05, 0.1) is 11.9 Å². The summed E-state index contributed by atoms with van der Waals surface area (Å²) in [6.07, 6.45) is 2.13. The molecule has 2 aromatic rings. The molecule has 1 aliphatic rings. The highest BCUT2D eigenvalue weighted by Gasteiger charge is 2.20. The molecule has 1 aliphatic heterocycles. The van der Waals surface area contributed by atoms with E-state index < -0.39 is 0 Å². The van der Waals surface area contributed by atoms with E-state index >= 15 is 0 Å². The Kier molecular flexibility index (Phi) is 5.46. The predicted molar refractivity (Wildman–Crippen MR) is 97.7 cm³/mol. The third kappa shape index (κ3) is 4.17. The maximum atomic E-state index is 12.9. The van der Waals surface area contributed by atoms with Crippen molar-refractivity contribution in [3.05, 3.63) is 54.0 Å². The summed E-state index contributed by atoms with van der Waals surface area (Å²) in [5.41, 5.74) is 0.954. The third-order valence-corrected chi connectivity index (χ3v) is 4.37. The van der Waals surface area contributed by atoms with Crippen LogP contribution in [0.5, 0.6) is 0 Å². The van der Waals surface area contributed by atoms with Gasteiger partial charge in [0.2, 0.25) is 5.91 Å². The number of piperazine rings is 1. The molecular weight excluding hydrogens is 335 g/mol. The van der Waals surface area contributed by atoms with Gasteiger partial charge >= 0.3 is 0 Å². The largest absolute Gasteiger partial charge is 0.353 e. The average Bonchev–Trinajstić information content (AvgIpc) is 2.68. The van der Waals surface area contributed by atoms with Crippen LogP contribution in [-0.2, 0) is 4.79 Å². The number of pyridine rings is 1. The Morgan fingerprint density at radius 3 is 2.35 bits per heavy atom. The van der Waals surface area contributed by atoms with Gasteiger partial charge in [-0.05, 0) is 36.4 Å². The molecule has 136 valence electrons. The molecule has 2 amide bonds. The van der Waals surface area contributed by atoms with Crippen LogP contribution < -0.4 is 10.2 Å². The first-order chi connectivity index (χ1) is 12.6. The Balaban J connectivity index is 1.58. The molecule has 0 spiro atoms. The van der Waals surface area contributed by atoms with E-state index in [9.17, 15) is 14.0 Å². The standard InChI is InChI=1S/C19H21FN4O2/c1-2-18(25)24-11-9-23(10-12-24)17-8-7-16(13-21-17)22-19(26)14-3-5-15(20)6-4-14/h3-8,13H,2,9-12H2,1H3,(H,22,26). The highest BCUT2D eigenvalue weighted by atomic mass is 19.1. The van der Waals surface area contributed by atoms with E-state index in [0.717, 1.165) is 18.9 Å². The van der Waals surface area contributed by atoms with Gasteiger partial charge in [0.15, 0.2) is 0 Å². The van der Waals surface area contributed by atoms with E-state index in [1.807, 2.05) is 17.9 Å². The van der Waals surface area contributed by atoms with Crippen molar-refractivity contribution in [2.75, 3.05) is 36.4 Å². The molecule has 0 atom stereocenters. The maximum Gasteiger partial charge on any atom is 0.255 e. The highest BCUT2D eigenvalue weighted by Crippen LogP contribution is 2.17. The summed E-state index contributed by atoms with van der Waals surface area (Å²) < 4.78 is 12.9. The van der Waals surface area contributed by atoms with Gasteiger partial charge in [-0.2, -0.15) is 0 Å². The average molecular weight is 356 g/mol. The fourth-order valence-electron chi connectivity index (χ4n) is 2.86. The summed E-state index contributed by atoms with van der Waals surface area (Å²) in [6.45, 7) is 4.73. The lowest BCUT2D eigenvalue weighted by Gasteiger charge is -2.35. The Morgan fingerprint density at radius 1 is 1.08 bits per heavy atom. The van der Waals surface area contributed by atoms with Gasteiger partial charge in [0, 0.05) is 38.2 Å². The Hall–Kier alpha value is -2.96. The van der Waals surface area contributed by atoms with Gasteiger partial charge in [-0.1, -0.05) is 6.92 Å². The second kappa shape index (κ2) is 7.95. The summed E-state index contributed by atoms with van der Waals surface area (Å²) in [5.74, 6) is 0.296. The number of halogens is 1. The van der Waals surface area contributed by atoms with E-state index in [2.05, 4.69) is 15.2 Å². The van der Waals surface area contributed by atoms with Gasteiger partial charge in [-0.15, -0.1) is 0 Å². The molecule has 0 aliphatic carbocycles. The Labute approximate surface area is 151 Å². The number of rotatable bonds is 4. The van der Waals surface area contributed by atoms with Gasteiger partial charge in [0.1, 0.15) is 11.6 Å². The SMILES string of the molecule is CCC(=O)N1CCN(c2ccc(NC(=O)c3ccc(F)cc3)cn2)CC1. The number of amides is 2. The van der Waals surface area contributed by atoms with Crippen LogP contribution >= 0.6 is 0 Å². The zero-order valence-electron chi connectivity index (χ0n) is 14.6. The molecule has 26 heavy (non-hydrogen) atoms. The highest BCUT2D eigenvalue weighted by molar-refractivity contribution is 6.04. The Morgan fingerprint density at radius 2 is 1.77 bits per heavy atom. The van der Waals surface area contributed by atoms with Crippen molar-refractivity contribution in [3.8, 4) is 0 Å². The van der Waals surface area contributed by atoms with Crippen LogP contribution in [0.15, 0.2) is 42.6 Å². The quantitative estimate of drug-likeness (QED) is 0.914. The summed E-state index contributed by atoms with van der Waals surface area (Å²) in [7, 11) is 0. The molecule has 3 rings (SSSR count). The Bertz CT molecular complexity index is 769. The number of aromatic nitrogens is 1. The van der Waals surface area contributed by atoms with Crippen LogP contribution in [0.2, 0.25) is 0 Å². The van der Waals surface area contributed by atoms with Gasteiger partial charge in [0.25, 0.3) is 5.91 Å². The molecule has 1 aromatic carbocycles. The van der Waals surface area contributed by atoms with E-state index in [1.54, 1.807) is 12.3 Å². The fourth-order valence-corrected chi connectivity index (χ4v) is 2.86. The summed E-state index contributed by atoms with van der Waals surface area (Å²) in [4.78, 5) is 32.2. The molecule has 1 saturated heterocycles. The first kappa shape index (κ1) is 17.8. The van der Waals surface area contributed by atoms with E-state index in [4.69, 9.17) is 0 Å². The van der Waals surface area contributed by atoms with Crippen molar-refractivity contribution in [3.63, 3.8) is 0 Å². The predicted octanol–water partition coefficient (Wildman–Crippen LogP) is 2.53. The lowest BCUT2D eigenvalue weighted by Crippen LogP contribution is -2.48. The smallest absolute Gasteiger partial charge is 0.255 e. The number of carbonyl (C=O) groups excluding carboxylic acids is 2. The van der Waals surface area contributed by atoms with Gasteiger partial charge in [-0.25, -0.2) is 9.37 Å². The zero-order valence-corrected chi connectivity index (χ0v) is 14.6. The van der Waals surface area contributed by atoms with Crippen LogP contribution in [0.1, 0.15) is 23.7 Å². The number of anilines is 2. The first-order valence-electron chi connectivity index (χ1n) is 8.62. The van der Waals surface area contributed by atoms with Crippen LogP contribution in [0, 0.1) is 5.82 Å². The second-order valence-electron chi connectivity index (χ2n) is 6.09. The summed E-state index contributed by atoms with van der Waals surface area (Å²) in [5, 5.41) is 2.74. The molecule has 0 bridgehead atoms. The van der Waals surface area contributed by atoms with E-state index in [-0.39, 0.29) is 17.6 Å².